The van der Waals surface area contributed by atoms with Crippen molar-refractivity contribution in [3.8, 4) is 23.0 Å². The number of unbranched alkanes of at least 4 members (excludes halogenated alkanes) is 1. The predicted molar refractivity (Wildman–Crippen MR) is 143 cm³/mol. The summed E-state index contributed by atoms with van der Waals surface area (Å²) in [4.78, 5) is 2.68. The number of fused-ring (bicyclic) bond motifs is 3. The van der Waals surface area contributed by atoms with E-state index in [0.29, 0.717) is 12.0 Å². The van der Waals surface area contributed by atoms with Crippen molar-refractivity contribution in [2.75, 3.05) is 35.0 Å². The van der Waals surface area contributed by atoms with Gasteiger partial charge in [0.25, 0.3) is 0 Å². The van der Waals surface area contributed by atoms with Gasteiger partial charge in [-0.15, -0.1) is 12.4 Å². The first-order valence-corrected chi connectivity index (χ1v) is 12.5. The highest BCUT2D eigenvalue weighted by Crippen LogP contribution is 2.51. The molecule has 1 saturated heterocycles. The molecule has 0 aliphatic carbocycles. The van der Waals surface area contributed by atoms with Gasteiger partial charge in [0.1, 0.15) is 0 Å². The summed E-state index contributed by atoms with van der Waals surface area (Å²) in [5, 5.41) is 0. The average Bonchev–Trinajstić information content (AvgIpc) is 2.86. The van der Waals surface area contributed by atoms with Crippen molar-refractivity contribution in [3.05, 3.63) is 47.0 Å². The van der Waals surface area contributed by atoms with Gasteiger partial charge in [0.05, 0.1) is 28.4 Å². The van der Waals surface area contributed by atoms with Gasteiger partial charge in [-0.25, -0.2) is 0 Å². The number of hydrogen-bond donors (Lipinski definition) is 1. The third-order valence-corrected chi connectivity index (χ3v) is 7.93. The van der Waals surface area contributed by atoms with Crippen molar-refractivity contribution in [2.45, 2.75) is 63.6 Å². The van der Waals surface area contributed by atoms with Crippen molar-refractivity contribution in [3.63, 3.8) is 0 Å². The lowest BCUT2D eigenvalue weighted by molar-refractivity contribution is 0.0349. The molecule has 35 heavy (non-hydrogen) atoms. The Balaban J connectivity index is 0.00000342. The first kappa shape index (κ1) is 27.4. The van der Waals surface area contributed by atoms with Gasteiger partial charge in [-0.3, -0.25) is 4.90 Å². The highest BCUT2D eigenvalue weighted by molar-refractivity contribution is 5.85. The van der Waals surface area contributed by atoms with Crippen LogP contribution < -0.4 is 24.7 Å². The molecule has 7 heteroatoms. The van der Waals surface area contributed by atoms with E-state index >= 15 is 0 Å². The Labute approximate surface area is 216 Å². The minimum Gasteiger partial charge on any atom is -0.493 e. The number of halogens is 1. The van der Waals surface area contributed by atoms with E-state index in [4.69, 9.17) is 24.7 Å². The van der Waals surface area contributed by atoms with Crippen molar-refractivity contribution >= 4 is 12.4 Å². The summed E-state index contributed by atoms with van der Waals surface area (Å²) in [5.41, 5.74) is 10.5. The summed E-state index contributed by atoms with van der Waals surface area (Å²) < 4.78 is 22.6. The maximum atomic E-state index is 6.76. The molecule has 0 spiro atoms. The van der Waals surface area contributed by atoms with Crippen LogP contribution in [0.15, 0.2) is 30.3 Å². The molecule has 5 atom stereocenters. The molecule has 0 amide bonds. The predicted octanol–water partition coefficient (Wildman–Crippen LogP) is 5.56. The quantitative estimate of drug-likeness (QED) is 0.508. The summed E-state index contributed by atoms with van der Waals surface area (Å²) in [5.74, 6) is 3.69. The van der Waals surface area contributed by atoms with Crippen LogP contribution in [0.2, 0.25) is 0 Å². The van der Waals surface area contributed by atoms with Gasteiger partial charge in [0.2, 0.25) is 0 Å². The molecule has 2 aliphatic rings. The molecule has 2 aliphatic heterocycles. The first-order chi connectivity index (χ1) is 16.5. The van der Waals surface area contributed by atoms with E-state index in [-0.39, 0.29) is 30.4 Å². The van der Waals surface area contributed by atoms with Gasteiger partial charge in [-0.2, -0.15) is 0 Å². The molecule has 4 rings (SSSR count). The van der Waals surface area contributed by atoms with Crippen LogP contribution in [-0.2, 0) is 0 Å². The van der Waals surface area contributed by atoms with Crippen LogP contribution in [0.4, 0.5) is 0 Å². The van der Waals surface area contributed by atoms with Gasteiger partial charge in [-0.05, 0) is 66.6 Å². The number of methoxy groups -OCH3 is 4. The summed E-state index contributed by atoms with van der Waals surface area (Å²) in [6.45, 7) is 5.62. The van der Waals surface area contributed by atoms with Crippen LogP contribution in [0.25, 0.3) is 0 Å². The number of nitrogens with zero attached hydrogens (tertiary/aromatic N) is 1. The zero-order valence-electron chi connectivity index (χ0n) is 21.9. The van der Waals surface area contributed by atoms with Crippen molar-refractivity contribution < 1.29 is 18.9 Å². The standard InChI is InChI=1S/C28H40N2O4.ClH/c1-7-8-9-19-16-30-17(2)28(18-10-11-24(31-3)25(12-18)32-4)21-14-27(34-6)26(33-5)13-20(21)23(30)15-22(19)29;/h10-14,17,19,22-23,28H,7-9,15-16,29H2,1-6H3;1H/t17-,19+,22?,23+,28-;/m0./s1. The Morgan fingerprint density at radius 2 is 1.49 bits per heavy atom. The molecular formula is C28H41ClN2O4. The molecular weight excluding hydrogens is 464 g/mol. The molecule has 194 valence electrons. The third kappa shape index (κ3) is 5.07. The molecule has 1 fully saturated rings. The first-order valence-electron chi connectivity index (χ1n) is 12.5. The smallest absolute Gasteiger partial charge is 0.161 e. The Morgan fingerprint density at radius 1 is 0.886 bits per heavy atom. The van der Waals surface area contributed by atoms with Crippen LogP contribution in [0, 0.1) is 5.92 Å². The Morgan fingerprint density at radius 3 is 2.09 bits per heavy atom. The highest BCUT2D eigenvalue weighted by atomic mass is 35.5. The Bertz CT molecular complexity index is 1000. The van der Waals surface area contributed by atoms with Gasteiger partial charge in [0.15, 0.2) is 23.0 Å². The van der Waals surface area contributed by atoms with E-state index in [0.717, 1.165) is 36.0 Å². The topological polar surface area (TPSA) is 66.2 Å². The summed E-state index contributed by atoms with van der Waals surface area (Å²) >= 11 is 0. The number of piperidine rings is 1. The molecule has 6 nitrogen and oxygen atoms in total. The lowest BCUT2D eigenvalue weighted by Crippen LogP contribution is -2.55. The second-order valence-corrected chi connectivity index (χ2v) is 9.68. The van der Waals surface area contributed by atoms with Crippen molar-refractivity contribution in [1.82, 2.24) is 4.90 Å². The average molecular weight is 505 g/mol. The maximum absolute atomic E-state index is 6.76. The third-order valence-electron chi connectivity index (χ3n) is 7.93. The molecule has 2 heterocycles. The molecule has 2 aromatic carbocycles. The molecule has 2 N–H and O–H groups in total. The fourth-order valence-electron chi connectivity index (χ4n) is 6.07. The second-order valence-electron chi connectivity index (χ2n) is 9.68. The molecule has 0 bridgehead atoms. The minimum absolute atomic E-state index is 0. The molecule has 2 aromatic rings. The minimum atomic E-state index is 0. The molecule has 0 saturated carbocycles. The molecule has 0 radical (unpaired) electrons. The summed E-state index contributed by atoms with van der Waals surface area (Å²) in [6, 6.07) is 11.4. The summed E-state index contributed by atoms with van der Waals surface area (Å²) in [6.07, 6.45) is 4.58. The number of hydrogen-bond acceptors (Lipinski definition) is 6. The van der Waals surface area contributed by atoms with Crippen LogP contribution in [0.5, 0.6) is 23.0 Å². The SMILES string of the molecule is CCCC[C@@H]1CN2[C@H](CC1N)c1cc(OC)c(OC)cc1[C@H](c1ccc(OC)c(OC)c1)[C@@H]2C.Cl. The van der Waals surface area contributed by atoms with E-state index < -0.39 is 0 Å². The van der Waals surface area contributed by atoms with Gasteiger partial charge in [-0.1, -0.05) is 25.8 Å². The van der Waals surface area contributed by atoms with E-state index in [1.807, 2.05) is 6.07 Å². The van der Waals surface area contributed by atoms with E-state index in [1.165, 1.54) is 36.0 Å². The van der Waals surface area contributed by atoms with E-state index in [2.05, 4.69) is 43.0 Å². The van der Waals surface area contributed by atoms with Crippen LogP contribution in [0.1, 0.15) is 68.2 Å². The van der Waals surface area contributed by atoms with Gasteiger partial charge in [0, 0.05) is 30.6 Å². The Hall–Kier alpha value is -2.15. The van der Waals surface area contributed by atoms with Crippen molar-refractivity contribution in [1.29, 1.82) is 0 Å². The number of nitrogens with two attached hydrogens (primary N) is 1. The lowest BCUT2D eigenvalue weighted by atomic mass is 9.71. The van der Waals surface area contributed by atoms with Crippen molar-refractivity contribution in [2.24, 2.45) is 11.7 Å². The number of ether oxygens (including phenoxy) is 4. The van der Waals surface area contributed by atoms with Gasteiger partial charge < -0.3 is 24.7 Å². The van der Waals surface area contributed by atoms with Gasteiger partial charge >= 0.3 is 0 Å². The highest BCUT2D eigenvalue weighted by Gasteiger charge is 2.45. The largest absolute Gasteiger partial charge is 0.493 e. The number of rotatable bonds is 8. The van der Waals surface area contributed by atoms with E-state index in [9.17, 15) is 0 Å². The number of benzene rings is 2. The lowest BCUT2D eigenvalue weighted by Gasteiger charge is -2.52. The zero-order chi connectivity index (χ0) is 24.4. The fourth-order valence-corrected chi connectivity index (χ4v) is 6.07. The van der Waals surface area contributed by atoms with Crippen LogP contribution in [0.3, 0.4) is 0 Å². The van der Waals surface area contributed by atoms with Crippen LogP contribution >= 0.6 is 12.4 Å². The van der Waals surface area contributed by atoms with Crippen LogP contribution in [-0.4, -0.2) is 52.0 Å². The Kier molecular flexibility index (Phi) is 9.19. The maximum Gasteiger partial charge on any atom is 0.161 e. The second kappa shape index (κ2) is 11.7. The normalized spacial score (nSPS) is 25.6. The fraction of sp³-hybridized carbons (Fsp3) is 0.571. The zero-order valence-corrected chi connectivity index (χ0v) is 22.7. The van der Waals surface area contributed by atoms with E-state index in [1.54, 1.807) is 28.4 Å². The molecule has 0 aromatic heterocycles. The summed E-state index contributed by atoms with van der Waals surface area (Å²) in [7, 11) is 6.76. The molecule has 1 unspecified atom stereocenters. The monoisotopic (exact) mass is 504 g/mol.